The first-order valence-electron chi connectivity index (χ1n) is 5.26. The van der Waals surface area contributed by atoms with Crippen LogP contribution in [-0.4, -0.2) is 28.8 Å². The van der Waals surface area contributed by atoms with E-state index in [9.17, 15) is 4.79 Å². The first kappa shape index (κ1) is 10.1. The normalized spacial score (nSPS) is 25.6. The summed E-state index contributed by atoms with van der Waals surface area (Å²) in [5.74, 6) is 1.41. The number of hydrogen-bond acceptors (Lipinski definition) is 4. The average molecular weight is 205 g/mol. The molecule has 2 rings (SSSR count). The number of hydrogen-bond donors (Lipinski definition) is 0. The van der Waals surface area contributed by atoms with Crippen LogP contribution in [0.5, 0.6) is 0 Å². The maximum Gasteiger partial charge on any atom is 0.225 e. The molecule has 0 radical (unpaired) electrons. The van der Waals surface area contributed by atoms with E-state index in [0.717, 1.165) is 18.8 Å². The van der Waals surface area contributed by atoms with E-state index in [1.165, 1.54) is 6.42 Å². The van der Waals surface area contributed by atoms with Crippen molar-refractivity contribution in [2.75, 3.05) is 11.4 Å². The number of carbonyl (C=O) groups excluding carboxylic acids is 1. The largest absolute Gasteiger partial charge is 0.338 e. The Hall–Kier alpha value is -1.45. The Morgan fingerprint density at radius 2 is 2.07 bits per heavy atom. The fraction of sp³-hybridized carbons (Fsp3) is 0.545. The SMILES string of the molecule is CC1CCN(c2ncc(C=O)cn2)C1C. The summed E-state index contributed by atoms with van der Waals surface area (Å²) >= 11 is 0. The molecule has 2 heterocycles. The van der Waals surface area contributed by atoms with E-state index in [4.69, 9.17) is 0 Å². The van der Waals surface area contributed by atoms with E-state index in [1.54, 1.807) is 12.4 Å². The minimum atomic E-state index is 0.479. The Labute approximate surface area is 89.3 Å². The molecular formula is C11H15N3O. The minimum Gasteiger partial charge on any atom is -0.338 e. The fourth-order valence-corrected chi connectivity index (χ4v) is 1.92. The van der Waals surface area contributed by atoms with Gasteiger partial charge in [0.2, 0.25) is 5.95 Å². The molecule has 0 spiro atoms. The Balaban J connectivity index is 2.19. The molecule has 0 aliphatic carbocycles. The fourth-order valence-electron chi connectivity index (χ4n) is 1.92. The van der Waals surface area contributed by atoms with Crippen LogP contribution in [0.15, 0.2) is 12.4 Å². The van der Waals surface area contributed by atoms with Gasteiger partial charge >= 0.3 is 0 Å². The molecule has 15 heavy (non-hydrogen) atoms. The van der Waals surface area contributed by atoms with Gasteiger partial charge in [0.25, 0.3) is 0 Å². The number of rotatable bonds is 2. The predicted molar refractivity (Wildman–Crippen MR) is 58.0 cm³/mol. The molecule has 0 bridgehead atoms. The molecular weight excluding hydrogens is 190 g/mol. The summed E-state index contributed by atoms with van der Waals surface area (Å²) < 4.78 is 0. The van der Waals surface area contributed by atoms with Gasteiger partial charge in [0, 0.05) is 25.0 Å². The monoisotopic (exact) mass is 205 g/mol. The lowest BCUT2D eigenvalue weighted by atomic mass is 10.1. The summed E-state index contributed by atoms with van der Waals surface area (Å²) in [6, 6.07) is 0.479. The molecule has 0 amide bonds. The zero-order valence-electron chi connectivity index (χ0n) is 9.05. The summed E-state index contributed by atoms with van der Waals surface area (Å²) in [5, 5.41) is 0. The van der Waals surface area contributed by atoms with Crippen LogP contribution < -0.4 is 4.90 Å². The van der Waals surface area contributed by atoms with Crippen LogP contribution in [0.1, 0.15) is 30.6 Å². The molecule has 1 fully saturated rings. The van der Waals surface area contributed by atoms with Crippen molar-refractivity contribution in [1.82, 2.24) is 9.97 Å². The molecule has 1 aliphatic heterocycles. The number of aromatic nitrogens is 2. The van der Waals surface area contributed by atoms with E-state index in [2.05, 4.69) is 28.7 Å². The van der Waals surface area contributed by atoms with Crippen LogP contribution in [0.3, 0.4) is 0 Å². The first-order chi connectivity index (χ1) is 7.22. The smallest absolute Gasteiger partial charge is 0.225 e. The molecule has 0 N–H and O–H groups in total. The zero-order valence-corrected chi connectivity index (χ0v) is 9.05. The third-order valence-electron chi connectivity index (χ3n) is 3.19. The van der Waals surface area contributed by atoms with Crippen LogP contribution in [0.2, 0.25) is 0 Å². The molecule has 0 aromatic carbocycles. The molecule has 4 heteroatoms. The Morgan fingerprint density at radius 3 is 2.53 bits per heavy atom. The van der Waals surface area contributed by atoms with Gasteiger partial charge in [-0.15, -0.1) is 0 Å². The lowest BCUT2D eigenvalue weighted by Gasteiger charge is -2.22. The standard InChI is InChI=1S/C11H15N3O/c1-8-3-4-14(9(8)2)11-12-5-10(7-15)6-13-11/h5-9H,3-4H2,1-2H3. The van der Waals surface area contributed by atoms with Crippen LogP contribution in [-0.2, 0) is 0 Å². The van der Waals surface area contributed by atoms with Crippen molar-refractivity contribution < 1.29 is 4.79 Å². The summed E-state index contributed by atoms with van der Waals surface area (Å²) in [6.45, 7) is 5.43. The second-order valence-corrected chi connectivity index (χ2v) is 4.13. The highest BCUT2D eigenvalue weighted by Gasteiger charge is 2.28. The summed E-state index contributed by atoms with van der Waals surface area (Å²) in [4.78, 5) is 21.1. The third kappa shape index (κ3) is 1.84. The van der Waals surface area contributed by atoms with E-state index in [1.807, 2.05) is 0 Å². The third-order valence-corrected chi connectivity index (χ3v) is 3.19. The van der Waals surface area contributed by atoms with Crippen molar-refractivity contribution >= 4 is 12.2 Å². The first-order valence-corrected chi connectivity index (χ1v) is 5.26. The van der Waals surface area contributed by atoms with Crippen molar-refractivity contribution in [3.8, 4) is 0 Å². The number of nitrogens with zero attached hydrogens (tertiary/aromatic N) is 3. The maximum atomic E-state index is 10.5. The molecule has 4 nitrogen and oxygen atoms in total. The molecule has 1 saturated heterocycles. The lowest BCUT2D eigenvalue weighted by Crippen LogP contribution is -2.30. The lowest BCUT2D eigenvalue weighted by molar-refractivity contribution is 0.112. The van der Waals surface area contributed by atoms with Gasteiger partial charge in [-0.2, -0.15) is 0 Å². The van der Waals surface area contributed by atoms with E-state index in [-0.39, 0.29) is 0 Å². The molecule has 2 atom stereocenters. The summed E-state index contributed by atoms with van der Waals surface area (Å²) in [6.07, 6.45) is 5.09. The van der Waals surface area contributed by atoms with Crippen molar-refractivity contribution in [2.24, 2.45) is 5.92 Å². The maximum absolute atomic E-state index is 10.5. The second-order valence-electron chi connectivity index (χ2n) is 4.13. The highest BCUT2D eigenvalue weighted by molar-refractivity contribution is 5.73. The van der Waals surface area contributed by atoms with Gasteiger partial charge in [-0.3, -0.25) is 4.79 Å². The Bertz CT molecular complexity index is 349. The molecule has 1 aliphatic rings. The summed E-state index contributed by atoms with van der Waals surface area (Å²) in [7, 11) is 0. The number of anilines is 1. The summed E-state index contributed by atoms with van der Waals surface area (Å²) in [5.41, 5.74) is 0.527. The van der Waals surface area contributed by atoms with Crippen molar-refractivity contribution in [2.45, 2.75) is 26.3 Å². The van der Waals surface area contributed by atoms with Gasteiger partial charge in [0.05, 0.1) is 5.56 Å². The molecule has 1 aromatic heterocycles. The molecule has 80 valence electrons. The van der Waals surface area contributed by atoms with E-state index in [0.29, 0.717) is 17.5 Å². The molecule has 0 saturated carbocycles. The Kier molecular flexibility index (Phi) is 2.66. The van der Waals surface area contributed by atoms with Crippen molar-refractivity contribution in [3.05, 3.63) is 18.0 Å². The van der Waals surface area contributed by atoms with E-state index < -0.39 is 0 Å². The number of aldehydes is 1. The van der Waals surface area contributed by atoms with Crippen LogP contribution in [0, 0.1) is 5.92 Å². The minimum absolute atomic E-state index is 0.479. The second kappa shape index (κ2) is 3.96. The quantitative estimate of drug-likeness (QED) is 0.687. The van der Waals surface area contributed by atoms with Gasteiger partial charge in [0.1, 0.15) is 0 Å². The highest BCUT2D eigenvalue weighted by atomic mass is 16.1. The van der Waals surface area contributed by atoms with Crippen LogP contribution in [0.4, 0.5) is 5.95 Å². The number of carbonyl (C=O) groups is 1. The van der Waals surface area contributed by atoms with Gasteiger partial charge in [0.15, 0.2) is 6.29 Å². The van der Waals surface area contributed by atoms with Crippen molar-refractivity contribution in [3.63, 3.8) is 0 Å². The van der Waals surface area contributed by atoms with E-state index >= 15 is 0 Å². The van der Waals surface area contributed by atoms with Crippen LogP contribution >= 0.6 is 0 Å². The predicted octanol–water partition coefficient (Wildman–Crippen LogP) is 1.52. The average Bonchev–Trinajstić information content (AvgIpc) is 2.60. The zero-order chi connectivity index (χ0) is 10.8. The highest BCUT2D eigenvalue weighted by Crippen LogP contribution is 2.26. The van der Waals surface area contributed by atoms with Crippen molar-refractivity contribution in [1.29, 1.82) is 0 Å². The topological polar surface area (TPSA) is 46.1 Å². The molecule has 1 aromatic rings. The van der Waals surface area contributed by atoms with Gasteiger partial charge in [-0.1, -0.05) is 6.92 Å². The molecule has 2 unspecified atom stereocenters. The Morgan fingerprint density at radius 1 is 1.40 bits per heavy atom. The van der Waals surface area contributed by atoms with Gasteiger partial charge < -0.3 is 4.90 Å². The van der Waals surface area contributed by atoms with Gasteiger partial charge in [-0.05, 0) is 19.3 Å². The van der Waals surface area contributed by atoms with Gasteiger partial charge in [-0.25, -0.2) is 9.97 Å². The van der Waals surface area contributed by atoms with Crippen LogP contribution in [0.25, 0.3) is 0 Å².